The maximum absolute atomic E-state index is 13.9. The molecule has 2 amide bonds. The van der Waals surface area contributed by atoms with E-state index in [1.54, 1.807) is 4.90 Å². The van der Waals surface area contributed by atoms with Crippen LogP contribution in [-0.4, -0.2) is 72.8 Å². The standard InChI is InChI=1S/C24H29N3O2/c1-25-15-17-26(18-16-25)22(28)19-27-14-8-13-24(23(27)29,20-9-4-2-5-10-20)21-11-6-3-7-12-21/h2-7,9-12H,8,13-19H2,1H3. The molecule has 0 bridgehead atoms. The number of carbonyl (C=O) groups is 2. The highest BCUT2D eigenvalue weighted by Gasteiger charge is 2.47. The van der Waals surface area contributed by atoms with Crippen molar-refractivity contribution in [3.05, 3.63) is 71.8 Å². The number of amides is 2. The molecule has 0 aliphatic carbocycles. The first-order valence-electron chi connectivity index (χ1n) is 10.5. The molecule has 29 heavy (non-hydrogen) atoms. The Bertz CT molecular complexity index is 805. The number of nitrogens with zero attached hydrogens (tertiary/aromatic N) is 3. The van der Waals surface area contributed by atoms with Gasteiger partial charge in [-0.1, -0.05) is 60.7 Å². The van der Waals surface area contributed by atoms with E-state index < -0.39 is 5.41 Å². The van der Waals surface area contributed by atoms with E-state index in [2.05, 4.69) is 11.9 Å². The van der Waals surface area contributed by atoms with E-state index in [0.29, 0.717) is 6.54 Å². The highest BCUT2D eigenvalue weighted by atomic mass is 16.2. The molecule has 152 valence electrons. The molecule has 0 saturated carbocycles. The van der Waals surface area contributed by atoms with Crippen molar-refractivity contribution in [1.82, 2.24) is 14.7 Å². The average Bonchev–Trinajstić information content (AvgIpc) is 2.77. The van der Waals surface area contributed by atoms with E-state index in [9.17, 15) is 9.59 Å². The third kappa shape index (κ3) is 3.79. The largest absolute Gasteiger partial charge is 0.339 e. The van der Waals surface area contributed by atoms with Gasteiger partial charge in [0.25, 0.3) is 0 Å². The normalized spacial score (nSPS) is 20.0. The smallest absolute Gasteiger partial charge is 0.242 e. The second-order valence-corrected chi connectivity index (χ2v) is 8.15. The van der Waals surface area contributed by atoms with Crippen LogP contribution in [-0.2, 0) is 15.0 Å². The summed E-state index contributed by atoms with van der Waals surface area (Å²) in [6.45, 7) is 4.05. The first kappa shape index (κ1) is 19.6. The topological polar surface area (TPSA) is 43.9 Å². The minimum absolute atomic E-state index is 0.0450. The number of hydrogen-bond acceptors (Lipinski definition) is 3. The van der Waals surface area contributed by atoms with E-state index in [-0.39, 0.29) is 18.4 Å². The fourth-order valence-corrected chi connectivity index (χ4v) is 4.63. The van der Waals surface area contributed by atoms with Gasteiger partial charge in [0.05, 0.1) is 12.0 Å². The summed E-state index contributed by atoms with van der Waals surface area (Å²) < 4.78 is 0. The Morgan fingerprint density at radius 1 is 0.862 bits per heavy atom. The van der Waals surface area contributed by atoms with E-state index in [1.807, 2.05) is 65.6 Å². The quantitative estimate of drug-likeness (QED) is 0.804. The second-order valence-electron chi connectivity index (χ2n) is 8.15. The van der Waals surface area contributed by atoms with Gasteiger partial charge in [0.1, 0.15) is 0 Å². The molecular weight excluding hydrogens is 362 g/mol. The average molecular weight is 392 g/mol. The lowest BCUT2D eigenvalue weighted by atomic mass is 9.68. The third-order valence-electron chi connectivity index (χ3n) is 6.35. The van der Waals surface area contributed by atoms with Crippen molar-refractivity contribution in [2.75, 3.05) is 46.3 Å². The van der Waals surface area contributed by atoms with Gasteiger partial charge in [-0.3, -0.25) is 9.59 Å². The number of likely N-dealkylation sites (N-methyl/N-ethyl adjacent to an activating group) is 1. The fourth-order valence-electron chi connectivity index (χ4n) is 4.63. The summed E-state index contributed by atoms with van der Waals surface area (Å²) in [5.74, 6) is 0.104. The van der Waals surface area contributed by atoms with Gasteiger partial charge in [-0.05, 0) is 31.0 Å². The van der Waals surface area contributed by atoms with Crippen LogP contribution in [0.25, 0.3) is 0 Å². The predicted molar refractivity (Wildman–Crippen MR) is 114 cm³/mol. The molecule has 0 spiro atoms. The molecule has 0 radical (unpaired) electrons. The molecule has 2 heterocycles. The summed E-state index contributed by atoms with van der Waals surface area (Å²) in [6, 6.07) is 20.1. The van der Waals surface area contributed by atoms with E-state index in [4.69, 9.17) is 0 Å². The number of carbonyl (C=O) groups excluding carboxylic acids is 2. The van der Waals surface area contributed by atoms with Crippen molar-refractivity contribution in [3.8, 4) is 0 Å². The van der Waals surface area contributed by atoms with E-state index >= 15 is 0 Å². The van der Waals surface area contributed by atoms with Gasteiger partial charge in [-0.15, -0.1) is 0 Å². The van der Waals surface area contributed by atoms with Crippen LogP contribution in [0.5, 0.6) is 0 Å². The van der Waals surface area contributed by atoms with Gasteiger partial charge < -0.3 is 14.7 Å². The summed E-state index contributed by atoms with van der Waals surface area (Å²) >= 11 is 0. The van der Waals surface area contributed by atoms with Gasteiger partial charge in [-0.25, -0.2) is 0 Å². The van der Waals surface area contributed by atoms with Crippen LogP contribution in [0.2, 0.25) is 0 Å². The third-order valence-corrected chi connectivity index (χ3v) is 6.35. The molecule has 0 N–H and O–H groups in total. The molecule has 5 nitrogen and oxygen atoms in total. The van der Waals surface area contributed by atoms with Gasteiger partial charge in [-0.2, -0.15) is 0 Å². The number of likely N-dealkylation sites (tertiary alicyclic amines) is 1. The zero-order valence-corrected chi connectivity index (χ0v) is 17.1. The van der Waals surface area contributed by atoms with Crippen LogP contribution >= 0.6 is 0 Å². The Morgan fingerprint density at radius 2 is 1.41 bits per heavy atom. The van der Waals surface area contributed by atoms with Crippen molar-refractivity contribution < 1.29 is 9.59 Å². The molecule has 2 aliphatic heterocycles. The summed E-state index contributed by atoms with van der Waals surface area (Å²) in [5.41, 5.74) is 1.30. The van der Waals surface area contributed by atoms with Crippen LogP contribution in [0.3, 0.4) is 0 Å². The Labute approximate surface area is 172 Å². The minimum atomic E-state index is -0.719. The summed E-state index contributed by atoms with van der Waals surface area (Å²) in [6.07, 6.45) is 1.64. The number of hydrogen-bond donors (Lipinski definition) is 0. The number of benzene rings is 2. The van der Waals surface area contributed by atoms with Crippen LogP contribution in [0.15, 0.2) is 60.7 Å². The summed E-state index contributed by atoms with van der Waals surface area (Å²) in [5, 5.41) is 0. The fraction of sp³-hybridized carbons (Fsp3) is 0.417. The predicted octanol–water partition coefficient (Wildman–Crippen LogP) is 2.37. The van der Waals surface area contributed by atoms with E-state index in [0.717, 1.165) is 50.1 Å². The maximum Gasteiger partial charge on any atom is 0.242 e. The lowest BCUT2D eigenvalue weighted by Gasteiger charge is -2.43. The molecule has 0 aromatic heterocycles. The van der Waals surface area contributed by atoms with Crippen LogP contribution in [0.1, 0.15) is 24.0 Å². The Morgan fingerprint density at radius 3 is 1.97 bits per heavy atom. The van der Waals surface area contributed by atoms with Gasteiger partial charge in [0, 0.05) is 32.7 Å². The monoisotopic (exact) mass is 391 g/mol. The van der Waals surface area contributed by atoms with Gasteiger partial charge in [0.2, 0.25) is 11.8 Å². The Hall–Kier alpha value is -2.66. The van der Waals surface area contributed by atoms with Crippen molar-refractivity contribution >= 4 is 11.8 Å². The van der Waals surface area contributed by atoms with E-state index in [1.165, 1.54) is 0 Å². The Kier molecular flexibility index (Phi) is 5.67. The molecule has 2 fully saturated rings. The zero-order chi connectivity index (χ0) is 20.3. The highest BCUT2D eigenvalue weighted by molar-refractivity contribution is 5.95. The molecule has 0 atom stereocenters. The van der Waals surface area contributed by atoms with Gasteiger partial charge in [0.15, 0.2) is 0 Å². The lowest BCUT2D eigenvalue weighted by molar-refractivity contribution is -0.146. The molecule has 4 rings (SSSR count). The Balaban J connectivity index is 1.62. The number of piperidine rings is 1. The molecule has 5 heteroatoms. The van der Waals surface area contributed by atoms with Crippen LogP contribution in [0, 0.1) is 0 Å². The first-order chi connectivity index (χ1) is 14.1. The summed E-state index contributed by atoms with van der Waals surface area (Å²) in [7, 11) is 2.07. The summed E-state index contributed by atoms with van der Waals surface area (Å²) in [4.78, 5) is 32.7. The van der Waals surface area contributed by atoms with Crippen molar-refractivity contribution in [2.45, 2.75) is 18.3 Å². The maximum atomic E-state index is 13.9. The molecule has 2 aliphatic rings. The zero-order valence-electron chi connectivity index (χ0n) is 17.1. The first-order valence-corrected chi connectivity index (χ1v) is 10.5. The second kappa shape index (κ2) is 8.37. The highest BCUT2D eigenvalue weighted by Crippen LogP contribution is 2.41. The van der Waals surface area contributed by atoms with Crippen LogP contribution in [0.4, 0.5) is 0 Å². The molecule has 2 aromatic rings. The molecule has 2 aromatic carbocycles. The van der Waals surface area contributed by atoms with Crippen molar-refractivity contribution in [2.24, 2.45) is 0 Å². The molecular formula is C24H29N3O2. The SMILES string of the molecule is CN1CCN(C(=O)CN2CCCC(c3ccccc3)(c3ccccc3)C2=O)CC1. The van der Waals surface area contributed by atoms with Crippen molar-refractivity contribution in [3.63, 3.8) is 0 Å². The minimum Gasteiger partial charge on any atom is -0.339 e. The van der Waals surface area contributed by atoms with Gasteiger partial charge >= 0.3 is 0 Å². The van der Waals surface area contributed by atoms with Crippen molar-refractivity contribution in [1.29, 1.82) is 0 Å². The molecule has 0 unspecified atom stereocenters. The number of piperazine rings is 1. The lowest BCUT2D eigenvalue weighted by Crippen LogP contribution is -2.56. The molecule has 2 saturated heterocycles. The number of rotatable bonds is 4. The van der Waals surface area contributed by atoms with Crippen LogP contribution < -0.4 is 0 Å².